The number of rotatable bonds is 7. The van der Waals surface area contributed by atoms with Crippen LogP contribution in [0.1, 0.15) is 56.3 Å². The molecule has 138 valence electrons. The Balaban J connectivity index is 2.14. The van der Waals surface area contributed by atoms with E-state index >= 15 is 0 Å². The molecule has 0 bridgehead atoms. The Kier molecular flexibility index (Phi) is 7.25. The molecule has 1 saturated heterocycles. The van der Waals surface area contributed by atoms with Gasteiger partial charge in [0.2, 0.25) is 5.91 Å². The van der Waals surface area contributed by atoms with Crippen LogP contribution in [0.15, 0.2) is 18.2 Å². The van der Waals surface area contributed by atoms with Crippen molar-refractivity contribution in [1.82, 2.24) is 4.90 Å². The van der Waals surface area contributed by atoms with Crippen LogP contribution < -0.4 is 15.8 Å². The van der Waals surface area contributed by atoms with Crippen molar-refractivity contribution in [2.45, 2.75) is 52.0 Å². The third kappa shape index (κ3) is 5.74. The Morgan fingerprint density at radius 2 is 2.00 bits per heavy atom. The third-order valence-corrected chi connectivity index (χ3v) is 4.27. The summed E-state index contributed by atoms with van der Waals surface area (Å²) < 4.78 is 5.58. The molecule has 0 aromatic heterocycles. The van der Waals surface area contributed by atoms with Crippen LogP contribution in [0.3, 0.4) is 0 Å². The fraction of sp³-hybridized carbons (Fsp3) is 0.579. The first kappa shape index (κ1) is 19.2. The van der Waals surface area contributed by atoms with Gasteiger partial charge in [-0.15, -0.1) is 0 Å². The minimum atomic E-state index is -0.124. The van der Waals surface area contributed by atoms with Crippen molar-refractivity contribution >= 4 is 17.5 Å². The summed E-state index contributed by atoms with van der Waals surface area (Å²) >= 11 is 0. The average molecular weight is 347 g/mol. The Morgan fingerprint density at radius 3 is 2.64 bits per heavy atom. The molecule has 2 amide bonds. The number of amides is 2. The highest BCUT2D eigenvalue weighted by atomic mass is 16.5. The zero-order valence-electron chi connectivity index (χ0n) is 15.2. The van der Waals surface area contributed by atoms with Crippen molar-refractivity contribution in [2.75, 3.05) is 25.0 Å². The van der Waals surface area contributed by atoms with Crippen LogP contribution in [0, 0.1) is 0 Å². The van der Waals surface area contributed by atoms with E-state index in [4.69, 9.17) is 10.5 Å². The van der Waals surface area contributed by atoms with Gasteiger partial charge in [0, 0.05) is 31.1 Å². The summed E-state index contributed by atoms with van der Waals surface area (Å²) in [6.45, 7) is 5.83. The van der Waals surface area contributed by atoms with Crippen LogP contribution in [0.5, 0.6) is 5.75 Å². The SMILES string of the molecule is CCOc1ccc(C(=O)N2CCCCC2)cc1NC(=O)CCC(C)N. The Labute approximate surface area is 149 Å². The van der Waals surface area contributed by atoms with Crippen LogP contribution in [0.2, 0.25) is 0 Å². The van der Waals surface area contributed by atoms with Crippen molar-refractivity contribution in [3.8, 4) is 5.75 Å². The van der Waals surface area contributed by atoms with Gasteiger partial charge in [0.05, 0.1) is 12.3 Å². The van der Waals surface area contributed by atoms with Crippen LogP contribution >= 0.6 is 0 Å². The number of ether oxygens (including phenoxy) is 1. The highest BCUT2D eigenvalue weighted by Gasteiger charge is 2.20. The van der Waals surface area contributed by atoms with Gasteiger partial charge in [-0.05, 0) is 57.7 Å². The Hall–Kier alpha value is -2.08. The summed E-state index contributed by atoms with van der Waals surface area (Å²) in [6.07, 6.45) is 4.22. The molecule has 1 heterocycles. The molecular weight excluding hydrogens is 318 g/mol. The van der Waals surface area contributed by atoms with Gasteiger partial charge in [-0.3, -0.25) is 9.59 Å². The van der Waals surface area contributed by atoms with Crippen molar-refractivity contribution in [2.24, 2.45) is 5.73 Å². The van der Waals surface area contributed by atoms with E-state index in [0.29, 0.717) is 36.4 Å². The molecule has 0 spiro atoms. The number of benzene rings is 1. The number of anilines is 1. The van der Waals surface area contributed by atoms with Gasteiger partial charge in [-0.2, -0.15) is 0 Å². The number of nitrogens with one attached hydrogen (secondary N) is 1. The molecule has 25 heavy (non-hydrogen) atoms. The van der Waals surface area contributed by atoms with Crippen molar-refractivity contribution in [3.05, 3.63) is 23.8 Å². The molecule has 1 aliphatic rings. The van der Waals surface area contributed by atoms with Crippen LogP contribution in [-0.2, 0) is 4.79 Å². The van der Waals surface area contributed by atoms with E-state index in [1.54, 1.807) is 18.2 Å². The Morgan fingerprint density at radius 1 is 1.28 bits per heavy atom. The number of piperidine rings is 1. The first-order valence-corrected chi connectivity index (χ1v) is 9.12. The fourth-order valence-electron chi connectivity index (χ4n) is 2.89. The summed E-state index contributed by atoms with van der Waals surface area (Å²) in [4.78, 5) is 26.7. The molecule has 1 atom stereocenters. The number of nitrogens with zero attached hydrogens (tertiary/aromatic N) is 1. The molecule has 6 heteroatoms. The van der Waals surface area contributed by atoms with E-state index in [0.717, 1.165) is 25.9 Å². The van der Waals surface area contributed by atoms with Gasteiger partial charge in [0.25, 0.3) is 5.91 Å². The maximum absolute atomic E-state index is 12.7. The lowest BCUT2D eigenvalue weighted by atomic mass is 10.1. The summed E-state index contributed by atoms with van der Waals surface area (Å²) in [5, 5.41) is 2.86. The van der Waals surface area contributed by atoms with Crippen molar-refractivity contribution in [3.63, 3.8) is 0 Å². The van der Waals surface area contributed by atoms with Crippen molar-refractivity contribution in [1.29, 1.82) is 0 Å². The van der Waals surface area contributed by atoms with Crippen LogP contribution in [0.25, 0.3) is 0 Å². The van der Waals surface area contributed by atoms with Gasteiger partial charge in [-0.1, -0.05) is 0 Å². The van der Waals surface area contributed by atoms with Gasteiger partial charge >= 0.3 is 0 Å². The minimum absolute atomic E-state index is 0.00817. The van der Waals surface area contributed by atoms with E-state index in [1.807, 2.05) is 18.7 Å². The second-order valence-corrected chi connectivity index (χ2v) is 6.56. The standard InChI is InChI=1S/C19H29N3O3/c1-3-25-17-9-8-15(19(24)22-11-5-4-6-12-22)13-16(17)21-18(23)10-7-14(2)20/h8-9,13-14H,3-7,10-12,20H2,1-2H3,(H,21,23). The zero-order valence-corrected chi connectivity index (χ0v) is 15.2. The van der Waals surface area contributed by atoms with E-state index in [-0.39, 0.29) is 17.9 Å². The minimum Gasteiger partial charge on any atom is -0.492 e. The summed E-state index contributed by atoms with van der Waals surface area (Å²) in [7, 11) is 0. The molecule has 2 rings (SSSR count). The molecule has 0 saturated carbocycles. The smallest absolute Gasteiger partial charge is 0.253 e. The first-order valence-electron chi connectivity index (χ1n) is 9.12. The predicted molar refractivity (Wildman–Crippen MR) is 98.9 cm³/mol. The van der Waals surface area contributed by atoms with Crippen molar-refractivity contribution < 1.29 is 14.3 Å². The van der Waals surface area contributed by atoms with Gasteiger partial charge < -0.3 is 20.7 Å². The lowest BCUT2D eigenvalue weighted by Crippen LogP contribution is -2.35. The summed E-state index contributed by atoms with van der Waals surface area (Å²) in [6, 6.07) is 5.21. The molecule has 1 fully saturated rings. The van der Waals surface area contributed by atoms with E-state index in [2.05, 4.69) is 5.32 Å². The van der Waals surface area contributed by atoms with Crippen LogP contribution in [0.4, 0.5) is 5.69 Å². The lowest BCUT2D eigenvalue weighted by Gasteiger charge is -2.27. The Bertz CT molecular complexity index is 596. The molecule has 3 N–H and O–H groups in total. The molecule has 6 nitrogen and oxygen atoms in total. The predicted octanol–water partition coefficient (Wildman–Crippen LogP) is 2.78. The third-order valence-electron chi connectivity index (χ3n) is 4.27. The highest BCUT2D eigenvalue weighted by molar-refractivity contribution is 5.98. The average Bonchev–Trinajstić information content (AvgIpc) is 2.61. The van der Waals surface area contributed by atoms with Gasteiger partial charge in [0.1, 0.15) is 5.75 Å². The molecule has 1 aromatic carbocycles. The quantitative estimate of drug-likeness (QED) is 0.794. The molecule has 1 unspecified atom stereocenters. The highest BCUT2D eigenvalue weighted by Crippen LogP contribution is 2.27. The number of nitrogens with two attached hydrogens (primary N) is 1. The van der Waals surface area contributed by atoms with Gasteiger partial charge in [0.15, 0.2) is 0 Å². The lowest BCUT2D eigenvalue weighted by molar-refractivity contribution is -0.116. The van der Waals surface area contributed by atoms with Crippen LogP contribution in [-0.4, -0.2) is 42.5 Å². The molecule has 0 radical (unpaired) electrons. The molecule has 1 aromatic rings. The van der Waals surface area contributed by atoms with E-state index in [1.165, 1.54) is 6.42 Å². The molecule has 1 aliphatic heterocycles. The summed E-state index contributed by atoms with van der Waals surface area (Å²) in [5.41, 5.74) is 6.82. The van der Waals surface area contributed by atoms with E-state index < -0.39 is 0 Å². The number of hydrogen-bond donors (Lipinski definition) is 2. The molecular formula is C19H29N3O3. The summed E-state index contributed by atoms with van der Waals surface area (Å²) in [5.74, 6) is 0.460. The first-order chi connectivity index (χ1) is 12.0. The number of hydrogen-bond acceptors (Lipinski definition) is 4. The normalized spacial score (nSPS) is 15.6. The second-order valence-electron chi connectivity index (χ2n) is 6.56. The number of likely N-dealkylation sites (tertiary alicyclic amines) is 1. The second kappa shape index (κ2) is 9.42. The monoisotopic (exact) mass is 347 g/mol. The number of carbonyl (C=O) groups excluding carboxylic acids is 2. The zero-order chi connectivity index (χ0) is 18.2. The topological polar surface area (TPSA) is 84.7 Å². The van der Waals surface area contributed by atoms with E-state index in [9.17, 15) is 9.59 Å². The maximum Gasteiger partial charge on any atom is 0.253 e. The molecule has 0 aliphatic carbocycles. The maximum atomic E-state index is 12.7. The largest absolute Gasteiger partial charge is 0.492 e. The number of carbonyl (C=O) groups is 2. The fourth-order valence-corrected chi connectivity index (χ4v) is 2.89. The van der Waals surface area contributed by atoms with Gasteiger partial charge in [-0.25, -0.2) is 0 Å².